The summed E-state index contributed by atoms with van der Waals surface area (Å²) in [4.78, 5) is 0. The van der Waals surface area contributed by atoms with Crippen molar-refractivity contribution in [2.75, 3.05) is 7.11 Å². The molecular formula is C9H17Br6NO5S2Si. The van der Waals surface area contributed by atoms with Crippen LogP contribution >= 0.6 is 95.6 Å². The lowest BCUT2D eigenvalue weighted by molar-refractivity contribution is 0.360. The zero-order chi connectivity index (χ0) is 19.6. The summed E-state index contributed by atoms with van der Waals surface area (Å²) in [5.74, 6) is 0. The fourth-order valence-electron chi connectivity index (χ4n) is 2.12. The first kappa shape index (κ1) is 26.9. The molecule has 146 valence electrons. The van der Waals surface area contributed by atoms with Crippen LogP contribution in [-0.4, -0.2) is 38.8 Å². The summed E-state index contributed by atoms with van der Waals surface area (Å²) in [6.07, 6.45) is 1.14. The molecule has 0 saturated heterocycles. The summed E-state index contributed by atoms with van der Waals surface area (Å²) < 4.78 is 54.8. The summed E-state index contributed by atoms with van der Waals surface area (Å²) >= 11 is 17.7. The second-order valence-corrected chi connectivity index (χ2v) is 29.9. The first-order valence-corrected chi connectivity index (χ1v) is 16.4. The normalized spacial score (nSPS) is 15.1. The van der Waals surface area contributed by atoms with Gasteiger partial charge in [0.2, 0.25) is 2.95 Å². The fourth-order valence-corrected chi connectivity index (χ4v) is 19.5. The van der Waals surface area contributed by atoms with Gasteiger partial charge in [-0.15, -0.1) is 0 Å². The molecular weight excluding hydrogens is 774 g/mol. The molecule has 0 unspecified atom stereocenters. The molecule has 0 fully saturated rings. The lowest BCUT2D eigenvalue weighted by Crippen LogP contribution is -2.63. The van der Waals surface area contributed by atoms with Crippen LogP contribution < -0.4 is 0 Å². The molecule has 0 spiro atoms. The molecule has 0 bridgehead atoms. The maximum atomic E-state index is 13.1. The highest BCUT2D eigenvalue weighted by Crippen LogP contribution is 2.50. The molecule has 0 aromatic heterocycles. The van der Waals surface area contributed by atoms with Crippen molar-refractivity contribution in [1.29, 1.82) is 0 Å². The topological polar surface area (TPSA) is 80.8 Å². The molecule has 6 nitrogen and oxygen atoms in total. The first-order chi connectivity index (χ1) is 10.5. The van der Waals surface area contributed by atoms with Crippen LogP contribution in [0.1, 0.15) is 26.7 Å². The van der Waals surface area contributed by atoms with E-state index in [-0.39, 0.29) is 0 Å². The Morgan fingerprint density at radius 1 is 0.833 bits per heavy atom. The quantitative estimate of drug-likeness (QED) is 0.242. The van der Waals surface area contributed by atoms with Crippen molar-refractivity contribution in [2.45, 2.75) is 41.7 Å². The Morgan fingerprint density at radius 3 is 1.29 bits per heavy atom. The molecule has 0 heterocycles. The van der Waals surface area contributed by atoms with Gasteiger partial charge in [0.15, 0.2) is 0 Å². The van der Waals surface area contributed by atoms with Gasteiger partial charge in [0, 0.05) is 7.11 Å². The Kier molecular flexibility index (Phi) is 10.8. The van der Waals surface area contributed by atoms with Crippen molar-refractivity contribution >= 4 is 124 Å². The summed E-state index contributed by atoms with van der Waals surface area (Å²) in [6.45, 7) is 3.70. The van der Waals surface area contributed by atoms with Crippen LogP contribution in [0.5, 0.6) is 0 Å². The second kappa shape index (κ2) is 9.61. The van der Waals surface area contributed by atoms with Crippen LogP contribution in [0.2, 0.25) is 12.1 Å². The molecule has 0 aliphatic carbocycles. The molecule has 0 N–H and O–H groups in total. The van der Waals surface area contributed by atoms with Gasteiger partial charge in [0.1, 0.15) is 0 Å². The highest BCUT2D eigenvalue weighted by atomic mass is 80.0. The standard InChI is InChI=1S/C9H17Br6NO5S2Si/c1-4-6-24(21-3,7-5-2)16(22(17,18)8(10,11)12)23(19,20)9(13,14)15/h4-7H2,1-3H3. The van der Waals surface area contributed by atoms with Gasteiger partial charge in [0.05, 0.1) is 0 Å². The van der Waals surface area contributed by atoms with Crippen molar-refractivity contribution < 1.29 is 21.3 Å². The number of hydrogen-bond acceptors (Lipinski definition) is 5. The number of hydrogen-bond donors (Lipinski definition) is 0. The van der Waals surface area contributed by atoms with Gasteiger partial charge in [-0.25, -0.2) is 16.8 Å². The van der Waals surface area contributed by atoms with E-state index in [0.717, 1.165) is 0 Å². The Bertz CT molecular complexity index is 580. The van der Waals surface area contributed by atoms with E-state index in [1.807, 2.05) is 13.8 Å². The SMILES string of the molecule is CCC[Si](CCC)(OC)N(S(=O)(=O)C(Br)(Br)Br)S(=O)(=O)C(Br)(Br)Br. The third-order valence-corrected chi connectivity index (χ3v) is 21.0. The molecule has 0 aliphatic rings. The van der Waals surface area contributed by atoms with E-state index in [0.29, 0.717) is 28.3 Å². The smallest absolute Gasteiger partial charge is 0.304 e. The molecule has 15 heteroatoms. The molecule has 0 aliphatic heterocycles. The van der Waals surface area contributed by atoms with Crippen LogP contribution in [0.3, 0.4) is 0 Å². The minimum absolute atomic E-state index is 0.321. The zero-order valence-corrected chi connectivity index (χ0v) is 25.1. The maximum absolute atomic E-state index is 13.1. The Morgan fingerprint density at radius 2 is 1.12 bits per heavy atom. The monoisotopic (exact) mass is 785 g/mol. The van der Waals surface area contributed by atoms with Gasteiger partial charge >= 0.3 is 8.48 Å². The summed E-state index contributed by atoms with van der Waals surface area (Å²) in [5.41, 5.74) is 0. The predicted octanol–water partition coefficient (Wildman–Crippen LogP) is 5.45. The van der Waals surface area contributed by atoms with E-state index in [1.54, 1.807) is 0 Å². The van der Waals surface area contributed by atoms with E-state index < -0.39 is 31.5 Å². The van der Waals surface area contributed by atoms with Gasteiger partial charge < -0.3 is 4.43 Å². The molecule has 0 radical (unpaired) electrons. The van der Waals surface area contributed by atoms with E-state index in [2.05, 4.69) is 95.6 Å². The molecule has 0 aromatic carbocycles. The average molecular weight is 791 g/mol. The zero-order valence-electron chi connectivity index (χ0n) is 12.9. The van der Waals surface area contributed by atoms with Crippen LogP contribution in [0.15, 0.2) is 0 Å². The van der Waals surface area contributed by atoms with E-state index >= 15 is 0 Å². The van der Waals surface area contributed by atoms with Crippen molar-refractivity contribution in [1.82, 2.24) is 3.38 Å². The highest BCUT2D eigenvalue weighted by molar-refractivity contribution is 9.43. The Hall–Kier alpha value is 2.92. The lowest BCUT2D eigenvalue weighted by atomic mass is 10.6. The number of nitrogens with zero attached hydrogens (tertiary/aromatic N) is 1. The molecule has 24 heavy (non-hydrogen) atoms. The molecule has 0 rings (SSSR count). The number of rotatable bonds is 8. The highest BCUT2D eigenvalue weighted by Gasteiger charge is 2.62. The number of halogens is 6. The summed E-state index contributed by atoms with van der Waals surface area (Å²) in [5, 5.41) is 0. The molecule has 0 saturated carbocycles. The Balaban J connectivity index is 6.89. The number of sulfonamides is 2. The third kappa shape index (κ3) is 5.72. The van der Waals surface area contributed by atoms with Crippen molar-refractivity contribution in [3.63, 3.8) is 0 Å². The van der Waals surface area contributed by atoms with Crippen LogP contribution in [-0.2, 0) is 24.5 Å². The minimum Gasteiger partial charge on any atom is -0.405 e. The van der Waals surface area contributed by atoms with Gasteiger partial charge in [-0.1, -0.05) is 30.1 Å². The molecule has 0 aromatic rings. The van der Waals surface area contributed by atoms with Crippen molar-refractivity contribution in [3.8, 4) is 0 Å². The van der Waals surface area contributed by atoms with Gasteiger partial charge in [-0.2, -0.15) is 0 Å². The lowest BCUT2D eigenvalue weighted by Gasteiger charge is -2.41. The van der Waals surface area contributed by atoms with Crippen molar-refractivity contribution in [2.24, 2.45) is 0 Å². The Labute approximate surface area is 195 Å². The molecule has 0 amide bonds. The minimum atomic E-state index is -4.45. The second-order valence-electron chi connectivity index (χ2n) is 4.75. The number of alkyl halides is 6. The summed E-state index contributed by atoms with van der Waals surface area (Å²) in [6, 6.07) is 0.643. The fraction of sp³-hybridized carbons (Fsp3) is 1.00. The van der Waals surface area contributed by atoms with E-state index in [4.69, 9.17) is 4.43 Å². The van der Waals surface area contributed by atoms with Crippen LogP contribution in [0, 0.1) is 0 Å². The summed E-state index contributed by atoms with van der Waals surface area (Å²) in [7, 11) is -11.0. The first-order valence-electron chi connectivity index (χ1n) is 6.53. The maximum Gasteiger partial charge on any atom is 0.304 e. The third-order valence-electron chi connectivity index (χ3n) is 3.02. The van der Waals surface area contributed by atoms with E-state index in [1.165, 1.54) is 7.11 Å². The molecule has 0 atom stereocenters. The average Bonchev–Trinajstić information content (AvgIpc) is 2.35. The largest absolute Gasteiger partial charge is 0.405 e. The van der Waals surface area contributed by atoms with Crippen LogP contribution in [0.4, 0.5) is 0 Å². The van der Waals surface area contributed by atoms with E-state index in [9.17, 15) is 16.8 Å². The van der Waals surface area contributed by atoms with Crippen LogP contribution in [0.25, 0.3) is 0 Å². The predicted molar refractivity (Wildman–Crippen MR) is 122 cm³/mol. The van der Waals surface area contributed by atoms with Crippen molar-refractivity contribution in [3.05, 3.63) is 0 Å². The van der Waals surface area contributed by atoms with Gasteiger partial charge in [-0.3, -0.25) is 0 Å². The van der Waals surface area contributed by atoms with Gasteiger partial charge in [-0.05, 0) is 108 Å². The van der Waals surface area contributed by atoms with Gasteiger partial charge in [0.25, 0.3) is 20.0 Å².